The van der Waals surface area contributed by atoms with E-state index >= 15 is 0 Å². The van der Waals surface area contributed by atoms with Crippen LogP contribution in [0.25, 0.3) is 0 Å². The average Bonchev–Trinajstić information content (AvgIpc) is 2.35. The molecule has 0 aliphatic carbocycles. The van der Waals surface area contributed by atoms with Crippen LogP contribution >= 0.6 is 12.2 Å². The molecule has 0 saturated heterocycles. The summed E-state index contributed by atoms with van der Waals surface area (Å²) in [4.78, 5) is 18.0. The van der Waals surface area contributed by atoms with Gasteiger partial charge in [-0.15, -0.1) is 0 Å². The van der Waals surface area contributed by atoms with Gasteiger partial charge in [-0.3, -0.25) is 9.78 Å². The number of rotatable bonds is 5. The molecule has 2 N–H and O–H groups in total. The van der Waals surface area contributed by atoms with Gasteiger partial charge in [0.15, 0.2) is 0 Å². The number of nitrogens with two attached hydrogens (primary N) is 1. The van der Waals surface area contributed by atoms with Crippen LogP contribution in [0.3, 0.4) is 0 Å². The fourth-order valence-electron chi connectivity index (χ4n) is 1.60. The van der Waals surface area contributed by atoms with Gasteiger partial charge in [0.25, 0.3) is 0 Å². The summed E-state index contributed by atoms with van der Waals surface area (Å²) in [5.74, 6) is -0.446. The lowest BCUT2D eigenvalue weighted by Gasteiger charge is -2.22. The summed E-state index contributed by atoms with van der Waals surface area (Å²) in [6, 6.07) is 3.56. The van der Waals surface area contributed by atoms with E-state index in [1.165, 1.54) is 0 Å². The van der Waals surface area contributed by atoms with Gasteiger partial charge in [-0.05, 0) is 18.6 Å². The van der Waals surface area contributed by atoms with Crippen LogP contribution in [-0.4, -0.2) is 22.9 Å². The number of hydrogen-bond donors (Lipinski definition) is 1. The van der Waals surface area contributed by atoms with Crippen LogP contribution in [-0.2, 0) is 4.79 Å². The Kier molecular flexibility index (Phi) is 5.03. The van der Waals surface area contributed by atoms with E-state index in [-0.39, 0.29) is 16.8 Å². The molecular weight excluding hydrogens is 234 g/mol. The van der Waals surface area contributed by atoms with Gasteiger partial charge in [0, 0.05) is 25.1 Å². The fraction of sp³-hybridized carbons (Fsp3) is 0.417. The Hall–Kier alpha value is -1.49. The Morgan fingerprint density at radius 1 is 1.53 bits per heavy atom. The first-order valence-corrected chi connectivity index (χ1v) is 5.95. The van der Waals surface area contributed by atoms with Crippen molar-refractivity contribution in [3.8, 4) is 0 Å². The summed E-state index contributed by atoms with van der Waals surface area (Å²) in [5, 5.41) is 0. The molecule has 1 rings (SSSR count). The smallest absolute Gasteiger partial charge is 0.236 e. The molecule has 1 heterocycles. The maximum absolute atomic E-state index is 12.2. The van der Waals surface area contributed by atoms with Crippen LogP contribution in [0.4, 0.5) is 5.69 Å². The summed E-state index contributed by atoms with van der Waals surface area (Å²) in [5.41, 5.74) is 6.40. The molecule has 92 valence electrons. The molecular formula is C12H17N3OS. The summed E-state index contributed by atoms with van der Waals surface area (Å²) >= 11 is 4.95. The molecule has 0 bridgehead atoms. The quantitative estimate of drug-likeness (QED) is 0.810. The standard InChI is InChI=1S/C12H17N3OS/c1-3-4-10(11(13)17)12(16)15(2)9-5-7-14-8-6-9/h5-8,10H,3-4H2,1-2H3,(H2,13,17). The van der Waals surface area contributed by atoms with Gasteiger partial charge in [0.2, 0.25) is 5.91 Å². The first-order valence-electron chi connectivity index (χ1n) is 5.54. The number of hydrogen-bond acceptors (Lipinski definition) is 3. The summed E-state index contributed by atoms with van der Waals surface area (Å²) in [7, 11) is 1.72. The van der Waals surface area contributed by atoms with E-state index in [1.807, 2.05) is 6.92 Å². The summed E-state index contributed by atoms with van der Waals surface area (Å²) in [6.45, 7) is 2.00. The highest BCUT2D eigenvalue weighted by molar-refractivity contribution is 7.80. The molecule has 0 radical (unpaired) electrons. The second kappa shape index (κ2) is 6.30. The van der Waals surface area contributed by atoms with Crippen molar-refractivity contribution in [2.24, 2.45) is 11.7 Å². The minimum absolute atomic E-state index is 0.0643. The molecule has 0 fully saturated rings. The van der Waals surface area contributed by atoms with Crippen molar-refractivity contribution in [2.75, 3.05) is 11.9 Å². The Balaban J connectivity index is 2.84. The molecule has 4 nitrogen and oxygen atoms in total. The van der Waals surface area contributed by atoms with Crippen molar-refractivity contribution in [1.29, 1.82) is 0 Å². The fourth-order valence-corrected chi connectivity index (χ4v) is 1.82. The van der Waals surface area contributed by atoms with Gasteiger partial charge in [0.05, 0.1) is 10.9 Å². The number of carbonyl (C=O) groups is 1. The van der Waals surface area contributed by atoms with Gasteiger partial charge in [-0.25, -0.2) is 0 Å². The SMILES string of the molecule is CCCC(C(=O)N(C)c1ccncc1)C(N)=S. The zero-order chi connectivity index (χ0) is 12.8. The minimum atomic E-state index is -0.381. The number of amides is 1. The third-order valence-electron chi connectivity index (χ3n) is 2.60. The van der Waals surface area contributed by atoms with E-state index in [0.29, 0.717) is 6.42 Å². The molecule has 5 heteroatoms. The lowest BCUT2D eigenvalue weighted by Crippen LogP contribution is -2.39. The van der Waals surface area contributed by atoms with Crippen LogP contribution in [0.1, 0.15) is 19.8 Å². The molecule has 17 heavy (non-hydrogen) atoms. The average molecular weight is 251 g/mol. The molecule has 1 atom stereocenters. The van der Waals surface area contributed by atoms with Crippen molar-refractivity contribution in [1.82, 2.24) is 4.98 Å². The van der Waals surface area contributed by atoms with Gasteiger partial charge < -0.3 is 10.6 Å². The maximum atomic E-state index is 12.2. The van der Waals surface area contributed by atoms with E-state index in [4.69, 9.17) is 18.0 Å². The van der Waals surface area contributed by atoms with Crippen molar-refractivity contribution in [3.05, 3.63) is 24.5 Å². The predicted molar refractivity (Wildman–Crippen MR) is 72.8 cm³/mol. The molecule has 0 aliphatic rings. The van der Waals surface area contributed by atoms with Crippen LogP contribution in [0.2, 0.25) is 0 Å². The van der Waals surface area contributed by atoms with E-state index in [9.17, 15) is 4.79 Å². The lowest BCUT2D eigenvalue weighted by molar-refractivity contribution is -0.120. The van der Waals surface area contributed by atoms with Gasteiger partial charge in [-0.2, -0.15) is 0 Å². The van der Waals surface area contributed by atoms with Crippen molar-refractivity contribution in [3.63, 3.8) is 0 Å². The first-order chi connectivity index (χ1) is 8.07. The normalized spacial score (nSPS) is 11.9. The molecule has 0 aromatic carbocycles. The highest BCUT2D eigenvalue weighted by Gasteiger charge is 2.24. The summed E-state index contributed by atoms with van der Waals surface area (Å²) < 4.78 is 0. The molecule has 1 aromatic rings. The Labute approximate surface area is 107 Å². The highest BCUT2D eigenvalue weighted by Crippen LogP contribution is 2.16. The molecule has 1 aromatic heterocycles. The predicted octanol–water partition coefficient (Wildman–Crippen LogP) is 1.75. The molecule has 1 amide bonds. The second-order valence-corrected chi connectivity index (χ2v) is 4.32. The topological polar surface area (TPSA) is 59.2 Å². The van der Waals surface area contributed by atoms with Crippen LogP contribution < -0.4 is 10.6 Å². The van der Waals surface area contributed by atoms with Gasteiger partial charge in [0.1, 0.15) is 0 Å². The zero-order valence-corrected chi connectivity index (χ0v) is 10.9. The Morgan fingerprint density at radius 3 is 2.59 bits per heavy atom. The van der Waals surface area contributed by atoms with E-state index in [2.05, 4.69) is 4.98 Å². The Bertz CT molecular complexity index is 394. The van der Waals surface area contributed by atoms with Gasteiger partial charge >= 0.3 is 0 Å². The van der Waals surface area contributed by atoms with Gasteiger partial charge in [-0.1, -0.05) is 25.6 Å². The van der Waals surface area contributed by atoms with Crippen LogP contribution in [0, 0.1) is 5.92 Å². The number of carbonyl (C=O) groups excluding carboxylic acids is 1. The maximum Gasteiger partial charge on any atom is 0.236 e. The van der Waals surface area contributed by atoms with E-state index in [0.717, 1.165) is 12.1 Å². The van der Waals surface area contributed by atoms with Crippen molar-refractivity contribution < 1.29 is 4.79 Å². The van der Waals surface area contributed by atoms with Crippen LogP contribution in [0.5, 0.6) is 0 Å². The van der Waals surface area contributed by atoms with Crippen LogP contribution in [0.15, 0.2) is 24.5 Å². The van der Waals surface area contributed by atoms with Crippen molar-refractivity contribution >= 4 is 28.8 Å². The first kappa shape index (κ1) is 13.6. The molecule has 0 saturated carbocycles. The van der Waals surface area contributed by atoms with E-state index < -0.39 is 0 Å². The number of nitrogens with zero attached hydrogens (tertiary/aromatic N) is 2. The molecule has 0 aliphatic heterocycles. The zero-order valence-electron chi connectivity index (χ0n) is 10.1. The largest absolute Gasteiger partial charge is 0.393 e. The number of thiocarbonyl (C=S) groups is 1. The van der Waals surface area contributed by atoms with E-state index in [1.54, 1.807) is 36.5 Å². The second-order valence-electron chi connectivity index (χ2n) is 3.85. The Morgan fingerprint density at radius 2 is 2.12 bits per heavy atom. The molecule has 0 spiro atoms. The molecule has 1 unspecified atom stereocenters. The number of anilines is 1. The highest BCUT2D eigenvalue weighted by atomic mass is 32.1. The summed E-state index contributed by atoms with van der Waals surface area (Å²) in [6.07, 6.45) is 4.85. The third-order valence-corrected chi connectivity index (χ3v) is 2.88. The third kappa shape index (κ3) is 3.49. The minimum Gasteiger partial charge on any atom is -0.393 e. The number of pyridine rings is 1. The monoisotopic (exact) mass is 251 g/mol. The lowest BCUT2D eigenvalue weighted by atomic mass is 10.0. The number of aromatic nitrogens is 1. The van der Waals surface area contributed by atoms with Crippen molar-refractivity contribution in [2.45, 2.75) is 19.8 Å².